The SMILES string of the molecule is [ClH2+].[Pt+2].c1ccc(-c2cccnc2-c2ccccn2)nc1. The molecule has 0 aliphatic heterocycles. The van der Waals surface area contributed by atoms with Gasteiger partial charge in [0.2, 0.25) is 0 Å². The first kappa shape index (κ1) is 16.5. The van der Waals surface area contributed by atoms with E-state index in [1.54, 1.807) is 18.6 Å². The molecule has 0 saturated carbocycles. The van der Waals surface area contributed by atoms with Crippen molar-refractivity contribution in [3.05, 3.63) is 67.1 Å². The van der Waals surface area contributed by atoms with Gasteiger partial charge in [-0.15, -0.1) is 0 Å². The second-order valence-electron chi connectivity index (χ2n) is 3.83. The third-order valence-electron chi connectivity index (χ3n) is 2.66. The van der Waals surface area contributed by atoms with Gasteiger partial charge in [0.25, 0.3) is 0 Å². The Morgan fingerprint density at radius 2 is 1.20 bits per heavy atom. The molecule has 0 aliphatic rings. The molecule has 3 rings (SSSR count). The Morgan fingerprint density at radius 3 is 1.80 bits per heavy atom. The van der Waals surface area contributed by atoms with Crippen LogP contribution >= 0.6 is 0 Å². The summed E-state index contributed by atoms with van der Waals surface area (Å²) in [5.41, 5.74) is 3.62. The molecule has 0 unspecified atom stereocenters. The molecular weight excluding hydrogens is 453 g/mol. The molecule has 0 aliphatic carbocycles. The van der Waals surface area contributed by atoms with E-state index in [2.05, 4.69) is 15.0 Å². The van der Waals surface area contributed by atoms with Crippen molar-refractivity contribution in [3.8, 4) is 22.6 Å². The summed E-state index contributed by atoms with van der Waals surface area (Å²) in [5.74, 6) is 0. The van der Waals surface area contributed by atoms with Crippen molar-refractivity contribution in [3.63, 3.8) is 0 Å². The summed E-state index contributed by atoms with van der Waals surface area (Å²) in [5, 5.41) is 0. The Morgan fingerprint density at radius 1 is 0.600 bits per heavy atom. The summed E-state index contributed by atoms with van der Waals surface area (Å²) >= 11 is 0. The summed E-state index contributed by atoms with van der Waals surface area (Å²) in [6.45, 7) is 0. The topological polar surface area (TPSA) is 38.7 Å². The Bertz CT molecular complexity index is 589. The van der Waals surface area contributed by atoms with Gasteiger partial charge in [-0.25, -0.2) is 0 Å². The fourth-order valence-electron chi connectivity index (χ4n) is 1.84. The Labute approximate surface area is 138 Å². The van der Waals surface area contributed by atoms with Crippen LogP contribution in [-0.2, 0) is 21.1 Å². The van der Waals surface area contributed by atoms with Crippen LogP contribution in [0, 0.1) is 12.4 Å². The second kappa shape index (κ2) is 7.88. The van der Waals surface area contributed by atoms with Crippen molar-refractivity contribution < 1.29 is 33.5 Å². The van der Waals surface area contributed by atoms with Gasteiger partial charge in [-0.1, -0.05) is 12.1 Å². The molecule has 3 heterocycles. The van der Waals surface area contributed by atoms with Gasteiger partial charge < -0.3 is 0 Å². The molecule has 0 spiro atoms. The normalized spacial score (nSPS) is 9.20. The molecule has 3 aromatic heterocycles. The smallest absolute Gasteiger partial charge is 0.256 e. The van der Waals surface area contributed by atoms with Crippen LogP contribution in [0.5, 0.6) is 0 Å². The molecule has 0 amide bonds. The van der Waals surface area contributed by atoms with Crippen LogP contribution in [0.25, 0.3) is 22.6 Å². The monoisotopic (exact) mass is 465 g/mol. The number of hydrogen-bond donors (Lipinski definition) is 0. The molecule has 0 aromatic carbocycles. The Hall–Kier alpha value is -1.57. The maximum Gasteiger partial charge on any atom is 2.00 e. The Kier molecular flexibility index (Phi) is 6.50. The van der Waals surface area contributed by atoms with Crippen molar-refractivity contribution in [2.75, 3.05) is 0 Å². The first-order chi connectivity index (χ1) is 8.95. The molecule has 0 fully saturated rings. The van der Waals surface area contributed by atoms with Crippen LogP contribution in [0.3, 0.4) is 0 Å². The van der Waals surface area contributed by atoms with Crippen LogP contribution in [-0.4, -0.2) is 15.0 Å². The average Bonchev–Trinajstić information content (AvgIpc) is 2.49. The predicted octanol–water partition coefficient (Wildman–Crippen LogP) is 2.67. The summed E-state index contributed by atoms with van der Waals surface area (Å²) in [4.78, 5) is 13.1. The van der Waals surface area contributed by atoms with Crippen molar-refractivity contribution in [1.82, 2.24) is 15.0 Å². The molecule has 0 N–H and O–H groups in total. The molecule has 0 atom stereocenters. The van der Waals surface area contributed by atoms with Crippen molar-refractivity contribution in [2.45, 2.75) is 0 Å². The molecule has 3 aromatic rings. The van der Waals surface area contributed by atoms with Crippen LogP contribution in [0.2, 0.25) is 0 Å². The molecule has 0 saturated heterocycles. The summed E-state index contributed by atoms with van der Waals surface area (Å²) < 4.78 is 0. The number of halogens is 1. The zero-order valence-electron chi connectivity index (χ0n) is 10.5. The van der Waals surface area contributed by atoms with E-state index in [9.17, 15) is 0 Å². The van der Waals surface area contributed by atoms with Gasteiger partial charge in [0.15, 0.2) is 0 Å². The predicted molar refractivity (Wildman–Crippen MR) is 73.5 cm³/mol. The molecule has 0 bridgehead atoms. The van der Waals surface area contributed by atoms with Crippen LogP contribution in [0.4, 0.5) is 0 Å². The van der Waals surface area contributed by atoms with Crippen molar-refractivity contribution >= 4 is 0 Å². The molecule has 102 valence electrons. The van der Waals surface area contributed by atoms with E-state index in [1.807, 2.05) is 48.5 Å². The third-order valence-corrected chi connectivity index (χ3v) is 2.66. The largest absolute Gasteiger partial charge is 2.00 e. The van der Waals surface area contributed by atoms with E-state index < -0.39 is 0 Å². The number of hydrogen-bond acceptors (Lipinski definition) is 3. The molecule has 3 nitrogen and oxygen atoms in total. The quantitative estimate of drug-likeness (QED) is 0.584. The maximum atomic E-state index is 4.42. The van der Waals surface area contributed by atoms with E-state index >= 15 is 0 Å². The van der Waals surface area contributed by atoms with E-state index in [4.69, 9.17) is 0 Å². The molecule has 20 heavy (non-hydrogen) atoms. The summed E-state index contributed by atoms with van der Waals surface area (Å²) in [7, 11) is 0. The summed E-state index contributed by atoms with van der Waals surface area (Å²) in [6.07, 6.45) is 5.33. The number of pyridine rings is 3. The molecule has 5 heteroatoms. The average molecular weight is 466 g/mol. The minimum absolute atomic E-state index is 0. The minimum Gasteiger partial charge on any atom is -0.256 e. The van der Waals surface area contributed by atoms with Crippen LogP contribution in [0.1, 0.15) is 0 Å². The van der Waals surface area contributed by atoms with Gasteiger partial charge in [0, 0.05) is 24.2 Å². The fourth-order valence-corrected chi connectivity index (χ4v) is 1.84. The number of aromatic nitrogens is 3. The molecule has 0 radical (unpaired) electrons. The standard InChI is InChI=1S/C15H11N3.ClH2.Pt/c1-3-9-16-13(7-1)12-6-5-11-18-15(12)14-8-2-4-10-17-14;;/h1-11H;1H2;/q;+1;+2. The van der Waals surface area contributed by atoms with Crippen LogP contribution in [0.15, 0.2) is 67.1 Å². The van der Waals surface area contributed by atoms with E-state index in [0.29, 0.717) is 0 Å². The first-order valence-electron chi connectivity index (χ1n) is 5.73. The van der Waals surface area contributed by atoms with Gasteiger partial charge in [-0.2, -0.15) is 0 Å². The summed E-state index contributed by atoms with van der Waals surface area (Å²) in [6, 6.07) is 15.6. The van der Waals surface area contributed by atoms with E-state index in [0.717, 1.165) is 22.6 Å². The minimum atomic E-state index is 0. The maximum absolute atomic E-state index is 4.42. The zero-order chi connectivity index (χ0) is 12.2. The van der Waals surface area contributed by atoms with Crippen LogP contribution < -0.4 is 0 Å². The fraction of sp³-hybridized carbons (Fsp3) is 0. The van der Waals surface area contributed by atoms with E-state index in [-0.39, 0.29) is 33.5 Å². The number of rotatable bonds is 2. The Balaban J connectivity index is 0.000001000. The third kappa shape index (κ3) is 3.50. The van der Waals surface area contributed by atoms with Gasteiger partial charge in [0.05, 0.1) is 29.5 Å². The van der Waals surface area contributed by atoms with E-state index in [1.165, 1.54) is 0 Å². The van der Waals surface area contributed by atoms with Crippen molar-refractivity contribution in [2.24, 2.45) is 0 Å². The first-order valence-corrected chi connectivity index (χ1v) is 5.73. The number of nitrogens with zero attached hydrogens (tertiary/aromatic N) is 3. The van der Waals surface area contributed by atoms with Gasteiger partial charge >= 0.3 is 21.1 Å². The second-order valence-corrected chi connectivity index (χ2v) is 3.83. The van der Waals surface area contributed by atoms with Gasteiger partial charge in [-0.05, 0) is 36.4 Å². The van der Waals surface area contributed by atoms with Crippen molar-refractivity contribution in [1.29, 1.82) is 0 Å². The molecular formula is C15H13ClN3Pt+3. The van der Waals surface area contributed by atoms with Gasteiger partial charge in [-0.3, -0.25) is 15.0 Å². The zero-order valence-corrected chi connectivity index (χ0v) is 13.6. The van der Waals surface area contributed by atoms with Gasteiger partial charge in [0.1, 0.15) is 0 Å².